The molecular formula is C19H27FN2O4S. The number of halogens is 1. The van der Waals surface area contributed by atoms with E-state index in [1.54, 1.807) is 19.1 Å². The topological polar surface area (TPSA) is 77.9 Å². The Kier molecular flexibility index (Phi) is 5.61. The van der Waals surface area contributed by atoms with Crippen molar-refractivity contribution in [2.24, 2.45) is 5.92 Å². The summed E-state index contributed by atoms with van der Waals surface area (Å²) in [4.78, 5) is 14.4. The van der Waals surface area contributed by atoms with Gasteiger partial charge in [-0.2, -0.15) is 4.31 Å². The second kappa shape index (κ2) is 7.48. The number of carbonyl (C=O) groups excluding carboxylic acids is 1. The number of sulfonamides is 1. The maximum absolute atomic E-state index is 14.2. The number of aliphatic hydroxyl groups is 1. The van der Waals surface area contributed by atoms with Crippen LogP contribution in [0.5, 0.6) is 0 Å². The van der Waals surface area contributed by atoms with Gasteiger partial charge in [0.05, 0.1) is 18.0 Å². The van der Waals surface area contributed by atoms with Gasteiger partial charge in [0, 0.05) is 32.0 Å². The summed E-state index contributed by atoms with van der Waals surface area (Å²) in [5.74, 6) is -0.428. The molecule has 1 atom stereocenters. The number of nitrogens with zero attached hydrogens (tertiary/aromatic N) is 2. The van der Waals surface area contributed by atoms with Crippen molar-refractivity contribution in [3.8, 4) is 0 Å². The highest BCUT2D eigenvalue weighted by atomic mass is 32.2. The Morgan fingerprint density at radius 2 is 1.93 bits per heavy atom. The van der Waals surface area contributed by atoms with E-state index in [-0.39, 0.29) is 37.9 Å². The van der Waals surface area contributed by atoms with Crippen LogP contribution in [0, 0.1) is 19.8 Å². The number of amides is 1. The molecular weight excluding hydrogens is 371 g/mol. The smallest absolute Gasteiger partial charge is 0.243 e. The van der Waals surface area contributed by atoms with E-state index in [0.717, 1.165) is 5.56 Å². The molecule has 0 bridgehead atoms. The molecule has 2 aliphatic heterocycles. The predicted octanol–water partition coefficient (Wildman–Crippen LogP) is 1.64. The van der Waals surface area contributed by atoms with Crippen LogP contribution in [0.25, 0.3) is 0 Å². The van der Waals surface area contributed by atoms with Gasteiger partial charge in [0.15, 0.2) is 5.67 Å². The van der Waals surface area contributed by atoms with Crippen molar-refractivity contribution in [1.82, 2.24) is 9.21 Å². The SMILES string of the molecule is Cc1ccc(S(=O)(=O)N2CCC(C(=O)N3CCC(F)(CO)C3)CC2)c(C)c1. The molecule has 0 aliphatic carbocycles. The minimum Gasteiger partial charge on any atom is -0.393 e. The number of piperidine rings is 1. The summed E-state index contributed by atoms with van der Waals surface area (Å²) < 4.78 is 41.5. The maximum atomic E-state index is 14.2. The maximum Gasteiger partial charge on any atom is 0.243 e. The van der Waals surface area contributed by atoms with Gasteiger partial charge in [0.1, 0.15) is 0 Å². The molecule has 1 aromatic rings. The fraction of sp³-hybridized carbons (Fsp3) is 0.632. The van der Waals surface area contributed by atoms with Crippen LogP contribution >= 0.6 is 0 Å². The van der Waals surface area contributed by atoms with Gasteiger partial charge >= 0.3 is 0 Å². The average molecular weight is 399 g/mol. The number of benzene rings is 1. The molecule has 3 rings (SSSR count). The summed E-state index contributed by atoms with van der Waals surface area (Å²) >= 11 is 0. The van der Waals surface area contributed by atoms with Gasteiger partial charge in [-0.15, -0.1) is 0 Å². The molecule has 8 heteroatoms. The zero-order valence-electron chi connectivity index (χ0n) is 15.8. The molecule has 27 heavy (non-hydrogen) atoms. The van der Waals surface area contributed by atoms with Crippen LogP contribution in [-0.2, 0) is 14.8 Å². The zero-order chi connectivity index (χ0) is 19.8. The molecule has 2 heterocycles. The molecule has 150 valence electrons. The van der Waals surface area contributed by atoms with Crippen molar-refractivity contribution in [3.05, 3.63) is 29.3 Å². The number of aryl methyl sites for hydroxylation is 2. The van der Waals surface area contributed by atoms with Crippen molar-refractivity contribution < 1.29 is 22.7 Å². The highest BCUT2D eigenvalue weighted by molar-refractivity contribution is 7.89. The lowest BCUT2D eigenvalue weighted by Gasteiger charge is -2.33. The Balaban J connectivity index is 1.64. The molecule has 6 nitrogen and oxygen atoms in total. The first kappa shape index (κ1) is 20.2. The van der Waals surface area contributed by atoms with E-state index >= 15 is 0 Å². The molecule has 1 aromatic carbocycles. The van der Waals surface area contributed by atoms with E-state index in [9.17, 15) is 17.6 Å². The summed E-state index contributed by atoms with van der Waals surface area (Å²) in [5.41, 5.74) is 0.0181. The molecule has 0 radical (unpaired) electrons. The van der Waals surface area contributed by atoms with Crippen molar-refractivity contribution in [1.29, 1.82) is 0 Å². The van der Waals surface area contributed by atoms with Crippen molar-refractivity contribution in [2.45, 2.75) is 43.7 Å². The second-order valence-electron chi connectivity index (χ2n) is 7.77. The second-order valence-corrected chi connectivity index (χ2v) is 9.67. The quantitative estimate of drug-likeness (QED) is 0.836. The van der Waals surface area contributed by atoms with E-state index in [1.807, 2.05) is 13.0 Å². The fourth-order valence-electron chi connectivity index (χ4n) is 3.98. The van der Waals surface area contributed by atoms with Crippen LogP contribution in [0.1, 0.15) is 30.4 Å². The molecule has 1 amide bonds. The molecule has 2 fully saturated rings. The Bertz CT molecular complexity index is 821. The Hall–Kier alpha value is -1.51. The van der Waals surface area contributed by atoms with Gasteiger partial charge in [-0.1, -0.05) is 17.7 Å². The normalized spacial score (nSPS) is 25.1. The van der Waals surface area contributed by atoms with E-state index in [4.69, 9.17) is 5.11 Å². The minimum atomic E-state index is -3.58. The van der Waals surface area contributed by atoms with Crippen LogP contribution < -0.4 is 0 Å². The summed E-state index contributed by atoms with van der Waals surface area (Å²) in [7, 11) is -3.58. The number of alkyl halides is 1. The third-order valence-electron chi connectivity index (χ3n) is 5.65. The van der Waals surface area contributed by atoms with Crippen LogP contribution in [0.2, 0.25) is 0 Å². The zero-order valence-corrected chi connectivity index (χ0v) is 16.6. The van der Waals surface area contributed by atoms with Crippen LogP contribution in [-0.4, -0.2) is 67.1 Å². The van der Waals surface area contributed by atoms with Gasteiger partial charge < -0.3 is 10.0 Å². The molecule has 0 aromatic heterocycles. The lowest BCUT2D eigenvalue weighted by molar-refractivity contribution is -0.136. The number of carbonyl (C=O) groups is 1. The fourth-order valence-corrected chi connectivity index (χ4v) is 5.66. The summed E-state index contributed by atoms with van der Waals surface area (Å²) in [6.07, 6.45) is 1.00. The number of rotatable bonds is 4. The van der Waals surface area contributed by atoms with Gasteiger partial charge in [-0.05, 0) is 38.3 Å². The van der Waals surface area contributed by atoms with E-state index in [0.29, 0.717) is 29.8 Å². The monoisotopic (exact) mass is 398 g/mol. The van der Waals surface area contributed by atoms with Gasteiger partial charge in [0.25, 0.3) is 0 Å². The summed E-state index contributed by atoms with van der Waals surface area (Å²) in [6, 6.07) is 5.27. The lowest BCUT2D eigenvalue weighted by atomic mass is 9.96. The van der Waals surface area contributed by atoms with E-state index in [1.165, 1.54) is 9.21 Å². The van der Waals surface area contributed by atoms with Gasteiger partial charge in [0.2, 0.25) is 15.9 Å². The van der Waals surface area contributed by atoms with Crippen LogP contribution in [0.15, 0.2) is 23.1 Å². The summed E-state index contributed by atoms with van der Waals surface area (Å²) in [5, 5.41) is 9.12. The van der Waals surface area contributed by atoms with Gasteiger partial charge in [-0.3, -0.25) is 4.79 Å². The van der Waals surface area contributed by atoms with E-state index < -0.39 is 22.3 Å². The molecule has 0 saturated carbocycles. The third-order valence-corrected chi connectivity index (χ3v) is 7.71. The first-order valence-electron chi connectivity index (χ1n) is 9.32. The largest absolute Gasteiger partial charge is 0.393 e. The summed E-state index contributed by atoms with van der Waals surface area (Å²) in [6.45, 7) is 3.90. The highest BCUT2D eigenvalue weighted by Crippen LogP contribution is 2.30. The minimum absolute atomic E-state index is 0.0800. The highest BCUT2D eigenvalue weighted by Gasteiger charge is 2.42. The van der Waals surface area contributed by atoms with Crippen LogP contribution in [0.3, 0.4) is 0 Å². The third kappa shape index (κ3) is 4.02. The number of hydrogen-bond donors (Lipinski definition) is 1. The van der Waals surface area contributed by atoms with Gasteiger partial charge in [-0.25, -0.2) is 12.8 Å². The Labute approximate surface area is 160 Å². The van der Waals surface area contributed by atoms with Crippen molar-refractivity contribution in [3.63, 3.8) is 0 Å². The lowest BCUT2D eigenvalue weighted by Crippen LogP contribution is -2.44. The van der Waals surface area contributed by atoms with Crippen molar-refractivity contribution in [2.75, 3.05) is 32.8 Å². The molecule has 2 aliphatic rings. The standard InChI is InChI=1S/C19H27FN2O4S/c1-14-3-4-17(15(2)11-14)27(25,26)22-8-5-16(6-9-22)18(24)21-10-7-19(20,12-21)13-23/h3-4,11,16,23H,5-10,12-13H2,1-2H3. The molecule has 2 saturated heterocycles. The molecule has 1 unspecified atom stereocenters. The average Bonchev–Trinajstić information content (AvgIpc) is 3.04. The first-order valence-corrected chi connectivity index (χ1v) is 10.8. The Morgan fingerprint density at radius 3 is 2.48 bits per heavy atom. The Morgan fingerprint density at radius 1 is 1.26 bits per heavy atom. The van der Waals surface area contributed by atoms with Crippen molar-refractivity contribution >= 4 is 15.9 Å². The van der Waals surface area contributed by atoms with E-state index in [2.05, 4.69) is 0 Å². The number of hydrogen-bond acceptors (Lipinski definition) is 4. The first-order chi connectivity index (χ1) is 12.7. The number of likely N-dealkylation sites (tertiary alicyclic amines) is 1. The predicted molar refractivity (Wildman–Crippen MR) is 99.5 cm³/mol. The number of aliphatic hydroxyl groups excluding tert-OH is 1. The van der Waals surface area contributed by atoms with Crippen LogP contribution in [0.4, 0.5) is 4.39 Å². The molecule has 0 spiro atoms. The molecule has 1 N–H and O–H groups in total.